The molecule has 0 saturated carbocycles. The Morgan fingerprint density at radius 2 is 2.29 bits per heavy atom. The summed E-state index contributed by atoms with van der Waals surface area (Å²) in [6.07, 6.45) is 1.40. The van der Waals surface area contributed by atoms with Crippen LogP contribution in [0.5, 0.6) is 0 Å². The fraction of sp³-hybridized carbons (Fsp3) is 0.200. The highest BCUT2D eigenvalue weighted by atomic mass is 32.1. The fourth-order valence-electron chi connectivity index (χ4n) is 2.20. The molecule has 3 rings (SSSR count). The molecular weight excluding hydrogens is 334 g/mol. The number of nitrogens with zero attached hydrogens (tertiary/aromatic N) is 3. The predicted octanol–water partition coefficient (Wildman–Crippen LogP) is 2.59. The first kappa shape index (κ1) is 16.1. The Hall–Kier alpha value is -2.78. The second kappa shape index (κ2) is 6.77. The zero-order chi connectivity index (χ0) is 17.1. The number of benzene rings is 1. The summed E-state index contributed by atoms with van der Waals surface area (Å²) < 4.78 is 12.6. The van der Waals surface area contributed by atoms with Gasteiger partial charge in [-0.25, -0.2) is 0 Å². The Bertz CT molecular complexity index is 955. The Morgan fingerprint density at radius 3 is 2.96 bits per heavy atom. The highest BCUT2D eigenvalue weighted by molar-refractivity contribution is 7.16. The van der Waals surface area contributed by atoms with Gasteiger partial charge in [-0.15, -0.1) is 0 Å². The fourth-order valence-corrected chi connectivity index (χ4v) is 3.29. The minimum absolute atomic E-state index is 0.00782. The topological polar surface area (TPSA) is 99.9 Å². The summed E-state index contributed by atoms with van der Waals surface area (Å²) in [7, 11) is 1.57. The summed E-state index contributed by atoms with van der Waals surface area (Å²) in [4.78, 5) is 27.2. The molecule has 0 bridgehead atoms. The number of methoxy groups -OCH3 is 1. The number of aromatic nitrogens is 1. The number of ether oxygens (including phenoxy) is 1. The summed E-state index contributed by atoms with van der Waals surface area (Å²) in [6, 6.07) is 7.69. The maximum absolute atomic E-state index is 12.1. The van der Waals surface area contributed by atoms with Crippen molar-refractivity contribution in [2.45, 2.75) is 6.54 Å². The van der Waals surface area contributed by atoms with E-state index in [0.29, 0.717) is 22.7 Å². The summed E-state index contributed by atoms with van der Waals surface area (Å²) >= 11 is 1.21. The lowest BCUT2D eigenvalue weighted by Crippen LogP contribution is -2.19. The van der Waals surface area contributed by atoms with E-state index in [1.165, 1.54) is 35.8 Å². The van der Waals surface area contributed by atoms with Gasteiger partial charge in [0.05, 0.1) is 28.0 Å². The second-order valence-electron chi connectivity index (χ2n) is 4.83. The van der Waals surface area contributed by atoms with Gasteiger partial charge in [-0.1, -0.05) is 11.3 Å². The van der Waals surface area contributed by atoms with E-state index < -0.39 is 10.8 Å². The van der Waals surface area contributed by atoms with Gasteiger partial charge in [-0.05, 0) is 18.2 Å². The smallest absolute Gasteiger partial charge is 0.315 e. The van der Waals surface area contributed by atoms with Crippen molar-refractivity contribution in [3.63, 3.8) is 0 Å². The molecule has 2 aromatic heterocycles. The molecule has 0 fully saturated rings. The van der Waals surface area contributed by atoms with Gasteiger partial charge in [-0.2, -0.15) is 4.99 Å². The number of nitro groups is 1. The van der Waals surface area contributed by atoms with E-state index in [0.717, 1.165) is 5.52 Å². The van der Waals surface area contributed by atoms with Crippen LogP contribution in [0.4, 0.5) is 5.69 Å². The zero-order valence-corrected chi connectivity index (χ0v) is 13.5. The van der Waals surface area contributed by atoms with Crippen LogP contribution in [0.2, 0.25) is 0 Å². The van der Waals surface area contributed by atoms with Gasteiger partial charge in [0.15, 0.2) is 10.6 Å². The van der Waals surface area contributed by atoms with Crippen molar-refractivity contribution in [3.05, 3.63) is 57.3 Å². The Labute approximate surface area is 139 Å². The number of carbonyl (C=O) groups is 1. The monoisotopic (exact) mass is 347 g/mol. The molecule has 8 nitrogen and oxygen atoms in total. The molecule has 124 valence electrons. The average Bonchev–Trinajstić information content (AvgIpc) is 3.20. The third kappa shape index (κ3) is 3.12. The number of nitro benzene ring substituents is 1. The number of furan rings is 1. The van der Waals surface area contributed by atoms with Gasteiger partial charge in [-0.3, -0.25) is 14.9 Å². The Balaban J connectivity index is 2.14. The van der Waals surface area contributed by atoms with Crippen LogP contribution in [-0.4, -0.2) is 29.1 Å². The van der Waals surface area contributed by atoms with E-state index in [1.54, 1.807) is 23.8 Å². The normalized spacial score (nSPS) is 12.0. The molecule has 2 heterocycles. The van der Waals surface area contributed by atoms with Gasteiger partial charge in [0, 0.05) is 25.8 Å². The van der Waals surface area contributed by atoms with Crippen LogP contribution < -0.4 is 4.80 Å². The third-order valence-electron chi connectivity index (χ3n) is 3.33. The number of non-ortho nitro benzene ring substituents is 1. The van der Waals surface area contributed by atoms with Crippen molar-refractivity contribution in [2.75, 3.05) is 13.7 Å². The molecule has 0 aliphatic heterocycles. The Kier molecular flexibility index (Phi) is 4.54. The standard InChI is InChI=1S/C15H13N3O5S/c1-22-8-6-17-11-5-4-10(18(20)21)9-13(11)24-15(17)16-14(19)12-3-2-7-23-12/h2-5,7,9H,6,8H2,1H3. The molecule has 0 aliphatic carbocycles. The molecule has 0 saturated heterocycles. The van der Waals surface area contributed by atoms with Crippen molar-refractivity contribution in [1.29, 1.82) is 0 Å². The van der Waals surface area contributed by atoms with Crippen molar-refractivity contribution < 1.29 is 18.9 Å². The summed E-state index contributed by atoms with van der Waals surface area (Å²) in [5, 5.41) is 10.9. The molecule has 0 aliphatic rings. The van der Waals surface area contributed by atoms with Crippen LogP contribution in [-0.2, 0) is 11.3 Å². The highest BCUT2D eigenvalue weighted by Crippen LogP contribution is 2.23. The summed E-state index contributed by atoms with van der Waals surface area (Å²) in [5.74, 6) is -0.371. The van der Waals surface area contributed by atoms with Gasteiger partial charge in [0.25, 0.3) is 5.69 Å². The van der Waals surface area contributed by atoms with E-state index in [4.69, 9.17) is 9.15 Å². The Morgan fingerprint density at radius 1 is 1.46 bits per heavy atom. The molecule has 9 heteroatoms. The van der Waals surface area contributed by atoms with E-state index in [9.17, 15) is 14.9 Å². The third-order valence-corrected chi connectivity index (χ3v) is 4.37. The van der Waals surface area contributed by atoms with Gasteiger partial charge in [0.2, 0.25) is 0 Å². The number of hydrogen-bond donors (Lipinski definition) is 0. The molecule has 1 aromatic carbocycles. The molecular formula is C15H13N3O5S. The predicted molar refractivity (Wildman–Crippen MR) is 86.9 cm³/mol. The lowest BCUT2D eigenvalue weighted by molar-refractivity contribution is -0.384. The van der Waals surface area contributed by atoms with E-state index >= 15 is 0 Å². The first-order valence-electron chi connectivity index (χ1n) is 6.99. The molecule has 0 radical (unpaired) electrons. The number of rotatable bonds is 5. The van der Waals surface area contributed by atoms with Crippen LogP contribution in [0.3, 0.4) is 0 Å². The van der Waals surface area contributed by atoms with Gasteiger partial charge in [0.1, 0.15) is 0 Å². The lowest BCUT2D eigenvalue weighted by Gasteiger charge is -2.03. The lowest BCUT2D eigenvalue weighted by atomic mass is 10.3. The van der Waals surface area contributed by atoms with Crippen LogP contribution in [0.15, 0.2) is 46.0 Å². The maximum Gasteiger partial charge on any atom is 0.315 e. The molecule has 24 heavy (non-hydrogen) atoms. The van der Waals surface area contributed by atoms with Crippen LogP contribution >= 0.6 is 11.3 Å². The molecule has 0 unspecified atom stereocenters. The van der Waals surface area contributed by atoms with Crippen molar-refractivity contribution >= 4 is 33.1 Å². The van der Waals surface area contributed by atoms with Gasteiger partial charge >= 0.3 is 5.91 Å². The summed E-state index contributed by atoms with van der Waals surface area (Å²) in [5.41, 5.74) is 0.750. The second-order valence-corrected chi connectivity index (χ2v) is 5.84. The van der Waals surface area contributed by atoms with E-state index in [2.05, 4.69) is 4.99 Å². The summed E-state index contributed by atoms with van der Waals surface area (Å²) in [6.45, 7) is 0.892. The number of hydrogen-bond acceptors (Lipinski definition) is 6. The van der Waals surface area contributed by atoms with Crippen molar-refractivity contribution in [1.82, 2.24) is 4.57 Å². The largest absolute Gasteiger partial charge is 0.459 e. The first-order valence-corrected chi connectivity index (χ1v) is 7.81. The number of amides is 1. The number of thiazole rings is 1. The van der Waals surface area contributed by atoms with Crippen molar-refractivity contribution in [3.8, 4) is 0 Å². The molecule has 0 spiro atoms. The van der Waals surface area contributed by atoms with Crippen LogP contribution in [0, 0.1) is 10.1 Å². The van der Waals surface area contributed by atoms with E-state index in [1.807, 2.05) is 0 Å². The molecule has 0 atom stereocenters. The maximum atomic E-state index is 12.1. The van der Waals surface area contributed by atoms with Crippen LogP contribution in [0.1, 0.15) is 10.6 Å². The minimum atomic E-state index is -0.507. The van der Waals surface area contributed by atoms with Gasteiger partial charge < -0.3 is 13.7 Å². The zero-order valence-electron chi connectivity index (χ0n) is 12.7. The minimum Gasteiger partial charge on any atom is -0.459 e. The first-order chi connectivity index (χ1) is 11.6. The van der Waals surface area contributed by atoms with Crippen molar-refractivity contribution in [2.24, 2.45) is 4.99 Å². The average molecular weight is 347 g/mol. The molecule has 0 N–H and O–H groups in total. The highest BCUT2D eigenvalue weighted by Gasteiger charge is 2.14. The number of fused-ring (bicyclic) bond motifs is 1. The number of carbonyl (C=O) groups excluding carboxylic acids is 1. The molecule has 3 aromatic rings. The SMILES string of the molecule is COCCn1c(=NC(=O)c2ccco2)sc2cc([N+](=O)[O-])ccc21. The molecule has 1 amide bonds. The van der Waals surface area contributed by atoms with E-state index in [-0.39, 0.29) is 11.4 Å². The van der Waals surface area contributed by atoms with Crippen LogP contribution in [0.25, 0.3) is 10.2 Å². The quantitative estimate of drug-likeness (QED) is 0.522.